The van der Waals surface area contributed by atoms with Gasteiger partial charge in [-0.3, -0.25) is 0 Å². The van der Waals surface area contributed by atoms with E-state index in [1.807, 2.05) is 30.3 Å². The maximum Gasteiger partial charge on any atom is 0.409 e. The van der Waals surface area contributed by atoms with E-state index >= 15 is 0 Å². The van der Waals surface area contributed by atoms with Crippen molar-refractivity contribution in [2.45, 2.75) is 38.0 Å². The van der Waals surface area contributed by atoms with Gasteiger partial charge in [0.25, 0.3) is 0 Å². The van der Waals surface area contributed by atoms with Crippen molar-refractivity contribution in [2.75, 3.05) is 20.2 Å². The van der Waals surface area contributed by atoms with Gasteiger partial charge in [0, 0.05) is 26.2 Å². The van der Waals surface area contributed by atoms with Crippen molar-refractivity contribution in [1.82, 2.24) is 4.90 Å². The molecule has 0 bridgehead atoms. The number of amides is 1. The fourth-order valence-electron chi connectivity index (χ4n) is 2.21. The number of hydrogen-bond donors (Lipinski definition) is 1. The van der Waals surface area contributed by atoms with Crippen molar-refractivity contribution in [3.05, 3.63) is 35.9 Å². The van der Waals surface area contributed by atoms with Crippen LogP contribution in [0, 0.1) is 0 Å². The molecule has 1 aliphatic rings. The van der Waals surface area contributed by atoms with Crippen LogP contribution in [0.5, 0.6) is 0 Å². The standard InChI is InChI=1S/C16H24N2O3/c1-18(8-5-9-20-15-10-14(17)11-15)16(19)21-12-13-6-3-2-4-7-13/h2-4,6-7,14-15H,5,8-12,17H2,1H3/t14-,15+. The van der Waals surface area contributed by atoms with Gasteiger partial charge in [-0.25, -0.2) is 4.79 Å². The molecule has 1 fully saturated rings. The summed E-state index contributed by atoms with van der Waals surface area (Å²) in [7, 11) is 1.74. The van der Waals surface area contributed by atoms with Gasteiger partial charge in [0.05, 0.1) is 6.10 Å². The molecule has 2 N–H and O–H groups in total. The van der Waals surface area contributed by atoms with Crippen LogP contribution in [0.15, 0.2) is 30.3 Å². The van der Waals surface area contributed by atoms with Crippen molar-refractivity contribution in [1.29, 1.82) is 0 Å². The van der Waals surface area contributed by atoms with Crippen LogP contribution in [-0.4, -0.2) is 43.3 Å². The van der Waals surface area contributed by atoms with Crippen LogP contribution < -0.4 is 5.73 Å². The van der Waals surface area contributed by atoms with E-state index in [9.17, 15) is 4.79 Å². The van der Waals surface area contributed by atoms with Gasteiger partial charge in [-0.1, -0.05) is 30.3 Å². The Morgan fingerprint density at radius 1 is 1.33 bits per heavy atom. The number of hydrogen-bond acceptors (Lipinski definition) is 4. The van der Waals surface area contributed by atoms with Crippen LogP contribution in [0.1, 0.15) is 24.8 Å². The maximum atomic E-state index is 11.8. The van der Waals surface area contributed by atoms with Crippen LogP contribution >= 0.6 is 0 Å². The second kappa shape index (κ2) is 8.00. The highest BCUT2D eigenvalue weighted by atomic mass is 16.6. The highest BCUT2D eigenvalue weighted by Gasteiger charge is 2.26. The SMILES string of the molecule is CN(CCCO[C@H]1C[C@@H](N)C1)C(=O)OCc1ccccc1. The Kier molecular flexibility index (Phi) is 6.02. The topological polar surface area (TPSA) is 64.8 Å². The fourth-order valence-corrected chi connectivity index (χ4v) is 2.21. The molecule has 0 aromatic heterocycles. The van der Waals surface area contributed by atoms with Crippen LogP contribution in [0.3, 0.4) is 0 Å². The summed E-state index contributed by atoms with van der Waals surface area (Å²) in [6, 6.07) is 9.97. The van der Waals surface area contributed by atoms with Gasteiger partial charge in [0.1, 0.15) is 6.61 Å². The maximum absolute atomic E-state index is 11.8. The third-order valence-corrected chi connectivity index (χ3v) is 3.64. The Labute approximate surface area is 126 Å². The summed E-state index contributed by atoms with van der Waals surface area (Å²) in [5, 5.41) is 0. The monoisotopic (exact) mass is 292 g/mol. The van der Waals surface area contributed by atoms with E-state index < -0.39 is 0 Å². The Bertz CT molecular complexity index is 432. The second-order valence-corrected chi connectivity index (χ2v) is 5.54. The van der Waals surface area contributed by atoms with Gasteiger partial charge in [-0.05, 0) is 24.8 Å². The molecule has 5 nitrogen and oxygen atoms in total. The van der Waals surface area contributed by atoms with E-state index in [0.717, 1.165) is 24.8 Å². The fraction of sp³-hybridized carbons (Fsp3) is 0.562. The number of carbonyl (C=O) groups excluding carboxylic acids is 1. The predicted molar refractivity (Wildman–Crippen MR) is 80.8 cm³/mol. The Morgan fingerprint density at radius 2 is 2.05 bits per heavy atom. The molecule has 1 saturated carbocycles. The number of carbonyl (C=O) groups is 1. The molecule has 1 aliphatic carbocycles. The van der Waals surface area contributed by atoms with E-state index in [0.29, 0.717) is 31.9 Å². The molecule has 0 saturated heterocycles. The molecule has 0 aliphatic heterocycles. The smallest absolute Gasteiger partial charge is 0.409 e. The third kappa shape index (κ3) is 5.36. The molecule has 5 heteroatoms. The van der Waals surface area contributed by atoms with Crippen LogP contribution in [0.4, 0.5) is 4.79 Å². The molecule has 116 valence electrons. The molecule has 21 heavy (non-hydrogen) atoms. The molecule has 1 amide bonds. The lowest BCUT2D eigenvalue weighted by molar-refractivity contribution is -0.0112. The summed E-state index contributed by atoms with van der Waals surface area (Å²) in [5.74, 6) is 0. The van der Waals surface area contributed by atoms with Gasteiger partial charge in [-0.2, -0.15) is 0 Å². The highest BCUT2D eigenvalue weighted by molar-refractivity contribution is 5.67. The molecular formula is C16H24N2O3. The lowest BCUT2D eigenvalue weighted by atomic mass is 9.90. The molecule has 0 atom stereocenters. The van der Waals surface area contributed by atoms with E-state index in [2.05, 4.69) is 0 Å². The minimum absolute atomic E-state index is 0.301. The van der Waals surface area contributed by atoms with Crippen molar-refractivity contribution in [2.24, 2.45) is 5.73 Å². The molecule has 0 heterocycles. The molecule has 0 spiro atoms. The predicted octanol–water partition coefficient (Wildman–Crippen LogP) is 2.15. The van der Waals surface area contributed by atoms with Gasteiger partial charge in [0.2, 0.25) is 0 Å². The van der Waals surface area contributed by atoms with Gasteiger partial charge in [-0.15, -0.1) is 0 Å². The van der Waals surface area contributed by atoms with Gasteiger partial charge < -0.3 is 20.1 Å². The number of benzene rings is 1. The molecule has 1 aromatic carbocycles. The number of nitrogens with two attached hydrogens (primary N) is 1. The first-order chi connectivity index (χ1) is 10.1. The Balaban J connectivity index is 1.55. The summed E-state index contributed by atoms with van der Waals surface area (Å²) in [6.07, 6.45) is 2.73. The quantitative estimate of drug-likeness (QED) is 0.782. The van der Waals surface area contributed by atoms with Crippen LogP contribution in [0.2, 0.25) is 0 Å². The number of nitrogens with zero attached hydrogens (tertiary/aromatic N) is 1. The zero-order valence-corrected chi connectivity index (χ0v) is 12.5. The highest BCUT2D eigenvalue weighted by Crippen LogP contribution is 2.21. The summed E-state index contributed by atoms with van der Waals surface area (Å²) >= 11 is 0. The lowest BCUT2D eigenvalue weighted by Crippen LogP contribution is -2.42. The zero-order chi connectivity index (χ0) is 15.1. The van der Waals surface area contributed by atoms with Crippen molar-refractivity contribution < 1.29 is 14.3 Å². The van der Waals surface area contributed by atoms with Crippen molar-refractivity contribution in [3.63, 3.8) is 0 Å². The van der Waals surface area contributed by atoms with E-state index in [1.54, 1.807) is 11.9 Å². The summed E-state index contributed by atoms with van der Waals surface area (Å²) in [6.45, 7) is 1.60. The van der Waals surface area contributed by atoms with Gasteiger partial charge >= 0.3 is 6.09 Å². The van der Waals surface area contributed by atoms with Crippen LogP contribution in [-0.2, 0) is 16.1 Å². The number of ether oxygens (including phenoxy) is 2. The van der Waals surface area contributed by atoms with Crippen LogP contribution in [0.25, 0.3) is 0 Å². The Hall–Kier alpha value is -1.59. The number of rotatable bonds is 7. The summed E-state index contributed by atoms with van der Waals surface area (Å²) < 4.78 is 10.9. The van der Waals surface area contributed by atoms with E-state index in [4.69, 9.17) is 15.2 Å². The van der Waals surface area contributed by atoms with Crippen molar-refractivity contribution in [3.8, 4) is 0 Å². The normalized spacial score (nSPS) is 20.7. The minimum Gasteiger partial charge on any atom is -0.445 e. The largest absolute Gasteiger partial charge is 0.445 e. The third-order valence-electron chi connectivity index (χ3n) is 3.64. The van der Waals surface area contributed by atoms with Crippen molar-refractivity contribution >= 4 is 6.09 Å². The average molecular weight is 292 g/mol. The minimum atomic E-state index is -0.301. The summed E-state index contributed by atoms with van der Waals surface area (Å²) in [4.78, 5) is 13.4. The van der Waals surface area contributed by atoms with Gasteiger partial charge in [0.15, 0.2) is 0 Å². The van der Waals surface area contributed by atoms with E-state index in [1.165, 1.54) is 0 Å². The first-order valence-electron chi connectivity index (χ1n) is 7.44. The molecule has 1 aromatic rings. The molecule has 0 unspecified atom stereocenters. The molecule has 2 rings (SSSR count). The Morgan fingerprint density at radius 3 is 2.71 bits per heavy atom. The average Bonchev–Trinajstić information content (AvgIpc) is 2.47. The summed E-state index contributed by atoms with van der Waals surface area (Å²) in [5.41, 5.74) is 6.68. The van der Waals surface area contributed by atoms with E-state index in [-0.39, 0.29) is 6.09 Å². The second-order valence-electron chi connectivity index (χ2n) is 5.54. The zero-order valence-electron chi connectivity index (χ0n) is 12.5. The molecule has 0 radical (unpaired) electrons. The lowest BCUT2D eigenvalue weighted by Gasteiger charge is -2.32. The first kappa shape index (κ1) is 15.8. The first-order valence-corrected chi connectivity index (χ1v) is 7.44. The molecular weight excluding hydrogens is 268 g/mol.